The number of aryl methyl sites for hydroxylation is 1. The third kappa shape index (κ3) is 3.92. The summed E-state index contributed by atoms with van der Waals surface area (Å²) in [5.74, 6) is -0.518. The second-order valence-corrected chi connectivity index (χ2v) is 3.32. The third-order valence-electron chi connectivity index (χ3n) is 2.11. The van der Waals surface area contributed by atoms with E-state index < -0.39 is 12.4 Å². The molecule has 0 N–H and O–H groups in total. The lowest BCUT2D eigenvalue weighted by Crippen LogP contribution is -2.04. The number of aromatic nitrogens is 1. The molecule has 0 fully saturated rings. The Morgan fingerprint density at radius 2 is 2.31 bits per heavy atom. The second kappa shape index (κ2) is 6.15. The van der Waals surface area contributed by atoms with Crippen LogP contribution >= 0.6 is 0 Å². The van der Waals surface area contributed by atoms with E-state index in [-0.39, 0.29) is 12.1 Å². The molecule has 1 heterocycles. The number of halogens is 2. The molecule has 0 amide bonds. The monoisotopic (exact) mass is 229 g/mol. The minimum atomic E-state index is -2.28. The number of carbonyl (C=O) groups excluding carboxylic acids is 1. The van der Waals surface area contributed by atoms with Crippen LogP contribution in [0.1, 0.15) is 28.9 Å². The van der Waals surface area contributed by atoms with Crippen LogP contribution in [0, 0.1) is 0 Å². The number of esters is 1. The van der Waals surface area contributed by atoms with E-state index in [4.69, 9.17) is 0 Å². The van der Waals surface area contributed by atoms with Crippen molar-refractivity contribution in [1.29, 1.82) is 0 Å². The number of hydrogen-bond donors (Lipinski definition) is 0. The van der Waals surface area contributed by atoms with E-state index in [0.29, 0.717) is 12.8 Å². The first-order valence-electron chi connectivity index (χ1n) is 4.95. The molecule has 5 heteroatoms. The van der Waals surface area contributed by atoms with Gasteiger partial charge in [0, 0.05) is 12.6 Å². The lowest BCUT2D eigenvalue weighted by Gasteiger charge is -2.03. The SMILES string of the molecule is COC(=O)c1cc(CCCC(F)F)ccn1. The van der Waals surface area contributed by atoms with Crippen molar-refractivity contribution in [1.82, 2.24) is 4.98 Å². The maximum absolute atomic E-state index is 11.9. The summed E-state index contributed by atoms with van der Waals surface area (Å²) in [6, 6.07) is 3.27. The van der Waals surface area contributed by atoms with E-state index in [1.165, 1.54) is 13.3 Å². The number of carbonyl (C=O) groups is 1. The van der Waals surface area contributed by atoms with Crippen molar-refractivity contribution in [3.8, 4) is 0 Å². The topological polar surface area (TPSA) is 39.2 Å². The predicted octanol–water partition coefficient (Wildman–Crippen LogP) is 2.46. The quantitative estimate of drug-likeness (QED) is 0.728. The van der Waals surface area contributed by atoms with Gasteiger partial charge in [-0.05, 0) is 30.5 Å². The van der Waals surface area contributed by atoms with E-state index in [0.717, 1.165) is 5.56 Å². The second-order valence-electron chi connectivity index (χ2n) is 3.32. The fourth-order valence-corrected chi connectivity index (χ4v) is 1.31. The van der Waals surface area contributed by atoms with E-state index in [9.17, 15) is 13.6 Å². The largest absolute Gasteiger partial charge is 0.464 e. The van der Waals surface area contributed by atoms with Crippen LogP contribution in [0.5, 0.6) is 0 Å². The highest BCUT2D eigenvalue weighted by Gasteiger charge is 2.08. The molecule has 1 rings (SSSR count). The molecule has 3 nitrogen and oxygen atoms in total. The van der Waals surface area contributed by atoms with Crippen LogP contribution < -0.4 is 0 Å². The van der Waals surface area contributed by atoms with Gasteiger partial charge in [0.2, 0.25) is 6.43 Å². The van der Waals surface area contributed by atoms with Crippen LogP contribution in [0.15, 0.2) is 18.3 Å². The molecule has 88 valence electrons. The summed E-state index contributed by atoms with van der Waals surface area (Å²) < 4.78 is 28.3. The Bertz CT molecular complexity index is 356. The van der Waals surface area contributed by atoms with Crippen molar-refractivity contribution in [3.63, 3.8) is 0 Å². The summed E-state index contributed by atoms with van der Waals surface area (Å²) in [6.45, 7) is 0. The Morgan fingerprint density at radius 1 is 1.56 bits per heavy atom. The maximum Gasteiger partial charge on any atom is 0.356 e. The normalized spacial score (nSPS) is 10.5. The number of ether oxygens (including phenoxy) is 1. The summed E-state index contributed by atoms with van der Waals surface area (Å²) in [5, 5.41) is 0. The number of alkyl halides is 2. The summed E-state index contributed by atoms with van der Waals surface area (Å²) >= 11 is 0. The predicted molar refractivity (Wildman–Crippen MR) is 54.5 cm³/mol. The molecule has 1 aromatic heterocycles. The standard InChI is InChI=1S/C11H13F2NO2/c1-16-11(15)9-7-8(5-6-14-9)3-2-4-10(12)13/h5-7,10H,2-4H2,1H3. The highest BCUT2D eigenvalue weighted by atomic mass is 19.3. The van der Waals surface area contributed by atoms with Gasteiger partial charge in [-0.25, -0.2) is 18.6 Å². The Hall–Kier alpha value is -1.52. The molecule has 0 radical (unpaired) electrons. The van der Waals surface area contributed by atoms with Crippen LogP contribution in [0.3, 0.4) is 0 Å². The Morgan fingerprint density at radius 3 is 2.94 bits per heavy atom. The van der Waals surface area contributed by atoms with Gasteiger partial charge in [0.1, 0.15) is 5.69 Å². The van der Waals surface area contributed by atoms with Gasteiger partial charge in [-0.2, -0.15) is 0 Å². The van der Waals surface area contributed by atoms with Gasteiger partial charge in [-0.3, -0.25) is 0 Å². The summed E-state index contributed by atoms with van der Waals surface area (Å²) in [7, 11) is 1.27. The van der Waals surface area contributed by atoms with Gasteiger partial charge in [0.25, 0.3) is 0 Å². The number of hydrogen-bond acceptors (Lipinski definition) is 3. The molecule has 0 aliphatic rings. The lowest BCUT2D eigenvalue weighted by molar-refractivity contribution is 0.0593. The molecule has 0 aliphatic heterocycles. The molecule has 0 saturated heterocycles. The van der Waals surface area contributed by atoms with Crippen LogP contribution in [0.2, 0.25) is 0 Å². The van der Waals surface area contributed by atoms with Gasteiger partial charge >= 0.3 is 5.97 Å². The Labute approximate surface area is 92.4 Å². The number of nitrogens with zero attached hydrogens (tertiary/aromatic N) is 1. The van der Waals surface area contributed by atoms with E-state index in [1.54, 1.807) is 12.1 Å². The van der Waals surface area contributed by atoms with Crippen molar-refractivity contribution in [3.05, 3.63) is 29.6 Å². The zero-order valence-electron chi connectivity index (χ0n) is 8.95. The molecular weight excluding hydrogens is 216 g/mol. The first kappa shape index (κ1) is 12.5. The molecule has 0 saturated carbocycles. The minimum Gasteiger partial charge on any atom is -0.464 e. The molecule has 0 unspecified atom stereocenters. The van der Waals surface area contributed by atoms with E-state index in [1.807, 2.05) is 0 Å². The molecule has 0 bridgehead atoms. The Balaban J connectivity index is 2.57. The van der Waals surface area contributed by atoms with Crippen molar-refractivity contribution in [2.45, 2.75) is 25.7 Å². The molecular formula is C11H13F2NO2. The zero-order valence-corrected chi connectivity index (χ0v) is 8.95. The van der Waals surface area contributed by atoms with Gasteiger partial charge < -0.3 is 4.74 Å². The average Bonchev–Trinajstić information content (AvgIpc) is 2.28. The lowest BCUT2D eigenvalue weighted by atomic mass is 10.1. The van der Waals surface area contributed by atoms with Crippen LogP contribution in [0.25, 0.3) is 0 Å². The average molecular weight is 229 g/mol. The summed E-state index contributed by atoms with van der Waals surface area (Å²) in [6.07, 6.45) is -0.0270. The highest BCUT2D eigenvalue weighted by Crippen LogP contribution is 2.10. The maximum atomic E-state index is 11.9. The number of rotatable bonds is 5. The number of pyridine rings is 1. The van der Waals surface area contributed by atoms with Crippen molar-refractivity contribution < 1.29 is 18.3 Å². The van der Waals surface area contributed by atoms with Gasteiger partial charge in [-0.1, -0.05) is 0 Å². The molecule has 0 aliphatic carbocycles. The van der Waals surface area contributed by atoms with Gasteiger partial charge in [-0.15, -0.1) is 0 Å². The fraction of sp³-hybridized carbons (Fsp3) is 0.455. The molecule has 0 atom stereocenters. The van der Waals surface area contributed by atoms with Crippen LogP contribution in [-0.2, 0) is 11.2 Å². The molecule has 0 aromatic carbocycles. The number of methoxy groups -OCH3 is 1. The van der Waals surface area contributed by atoms with E-state index >= 15 is 0 Å². The minimum absolute atomic E-state index is 0.129. The highest BCUT2D eigenvalue weighted by molar-refractivity contribution is 5.87. The molecule has 1 aromatic rings. The molecule has 0 spiro atoms. The first-order chi connectivity index (χ1) is 7.63. The van der Waals surface area contributed by atoms with Crippen LogP contribution in [-0.4, -0.2) is 24.5 Å². The fourth-order valence-electron chi connectivity index (χ4n) is 1.31. The molecule has 16 heavy (non-hydrogen) atoms. The van der Waals surface area contributed by atoms with E-state index in [2.05, 4.69) is 9.72 Å². The van der Waals surface area contributed by atoms with Crippen molar-refractivity contribution in [2.24, 2.45) is 0 Å². The third-order valence-corrected chi connectivity index (χ3v) is 2.11. The zero-order chi connectivity index (χ0) is 12.0. The van der Waals surface area contributed by atoms with Crippen molar-refractivity contribution in [2.75, 3.05) is 7.11 Å². The van der Waals surface area contributed by atoms with Crippen LogP contribution in [0.4, 0.5) is 8.78 Å². The summed E-state index contributed by atoms with van der Waals surface area (Å²) in [4.78, 5) is 15.0. The summed E-state index contributed by atoms with van der Waals surface area (Å²) in [5.41, 5.74) is 1.02. The van der Waals surface area contributed by atoms with Gasteiger partial charge in [0.15, 0.2) is 0 Å². The van der Waals surface area contributed by atoms with Gasteiger partial charge in [0.05, 0.1) is 7.11 Å². The smallest absolute Gasteiger partial charge is 0.356 e. The van der Waals surface area contributed by atoms with Crippen molar-refractivity contribution >= 4 is 5.97 Å². The Kier molecular flexibility index (Phi) is 4.82. The first-order valence-corrected chi connectivity index (χ1v) is 4.95.